The van der Waals surface area contributed by atoms with E-state index in [9.17, 15) is 19.5 Å². The summed E-state index contributed by atoms with van der Waals surface area (Å²) in [5, 5.41) is 16.6. The second-order valence-electron chi connectivity index (χ2n) is 11.2. The normalized spacial score (nSPS) is 30.3. The van der Waals surface area contributed by atoms with Crippen molar-refractivity contribution in [3.63, 3.8) is 0 Å². The van der Waals surface area contributed by atoms with Crippen LogP contribution in [0.5, 0.6) is 0 Å². The molecule has 3 aliphatic rings. The molecule has 8 nitrogen and oxygen atoms in total. The molecule has 2 unspecified atom stereocenters. The third-order valence-corrected chi connectivity index (χ3v) is 8.64. The number of hydrogen-bond donors (Lipinski definition) is 3. The van der Waals surface area contributed by atoms with Gasteiger partial charge in [-0.05, 0) is 62.8 Å². The molecule has 0 aliphatic carbocycles. The molecule has 0 radical (unpaired) electrons. The Balaban J connectivity index is 1.61. The molecule has 3 amide bonds. The number of anilines is 1. The Hall–Kier alpha value is -3.23. The highest BCUT2D eigenvalue weighted by Gasteiger charge is 2.78. The molecule has 0 saturated carbocycles. The molecule has 5 rings (SSSR count). The average molecular weight is 520 g/mol. The van der Waals surface area contributed by atoms with Gasteiger partial charge in [0.25, 0.3) is 0 Å². The number of likely N-dealkylation sites (tertiary alicyclic amines) is 1. The van der Waals surface area contributed by atoms with Crippen molar-refractivity contribution >= 4 is 23.4 Å². The van der Waals surface area contributed by atoms with Crippen LogP contribution in [0.25, 0.3) is 0 Å². The second kappa shape index (κ2) is 9.82. The van der Waals surface area contributed by atoms with E-state index in [1.807, 2.05) is 76.2 Å². The van der Waals surface area contributed by atoms with Gasteiger partial charge in [0.1, 0.15) is 11.6 Å². The van der Waals surface area contributed by atoms with Crippen molar-refractivity contribution in [3.8, 4) is 0 Å². The predicted molar refractivity (Wildman–Crippen MR) is 143 cm³/mol. The lowest BCUT2D eigenvalue weighted by molar-refractivity contribution is -0.148. The SMILES string of the molecule is CCCNC(=O)[C@H]1[C@H]2C(=O)N([C@H](CO)c3ccccc3)C(C(=O)Nc3cc(C)ccc3C)C23CC[C@]1(C)O3. The topological polar surface area (TPSA) is 108 Å². The molecule has 3 N–H and O–H groups in total. The van der Waals surface area contributed by atoms with Gasteiger partial charge in [-0.15, -0.1) is 0 Å². The number of aryl methyl sites for hydroxylation is 2. The van der Waals surface area contributed by atoms with Crippen LogP contribution in [-0.2, 0) is 19.1 Å². The summed E-state index contributed by atoms with van der Waals surface area (Å²) in [5.41, 5.74) is 1.27. The summed E-state index contributed by atoms with van der Waals surface area (Å²) >= 11 is 0. The van der Waals surface area contributed by atoms with Gasteiger partial charge in [0.2, 0.25) is 17.7 Å². The van der Waals surface area contributed by atoms with E-state index in [-0.39, 0.29) is 24.3 Å². The lowest BCUT2D eigenvalue weighted by Crippen LogP contribution is -2.54. The molecule has 2 aromatic carbocycles. The number of aliphatic hydroxyl groups excluding tert-OH is 1. The second-order valence-corrected chi connectivity index (χ2v) is 11.2. The maximum Gasteiger partial charge on any atom is 0.250 e. The third kappa shape index (κ3) is 4.01. The highest BCUT2D eigenvalue weighted by atomic mass is 16.5. The summed E-state index contributed by atoms with van der Waals surface area (Å²) in [6.45, 7) is 7.87. The first kappa shape index (κ1) is 26.4. The number of carbonyl (C=O) groups is 3. The number of rotatable bonds is 8. The van der Waals surface area contributed by atoms with E-state index in [1.54, 1.807) is 0 Å². The fourth-order valence-electron chi connectivity index (χ4n) is 6.86. The van der Waals surface area contributed by atoms with E-state index in [2.05, 4.69) is 10.6 Å². The number of amides is 3. The zero-order valence-corrected chi connectivity index (χ0v) is 22.5. The molecule has 2 bridgehead atoms. The van der Waals surface area contributed by atoms with E-state index in [0.717, 1.165) is 23.1 Å². The van der Waals surface area contributed by atoms with Gasteiger partial charge in [-0.1, -0.05) is 49.4 Å². The zero-order valence-electron chi connectivity index (χ0n) is 22.5. The van der Waals surface area contributed by atoms with Crippen molar-refractivity contribution in [1.29, 1.82) is 0 Å². The highest BCUT2D eigenvalue weighted by Crippen LogP contribution is 2.64. The fraction of sp³-hybridized carbons (Fsp3) is 0.500. The summed E-state index contributed by atoms with van der Waals surface area (Å²) in [5.74, 6) is -2.45. The summed E-state index contributed by atoms with van der Waals surface area (Å²) < 4.78 is 6.68. The molecule has 2 aromatic rings. The van der Waals surface area contributed by atoms with Gasteiger partial charge in [-0.3, -0.25) is 14.4 Å². The number of nitrogens with zero attached hydrogens (tertiary/aromatic N) is 1. The van der Waals surface area contributed by atoms with E-state index >= 15 is 0 Å². The molecule has 202 valence electrons. The maximum absolute atomic E-state index is 14.3. The predicted octanol–water partition coefficient (Wildman–Crippen LogP) is 3.27. The van der Waals surface area contributed by atoms with Crippen LogP contribution in [0.15, 0.2) is 48.5 Å². The summed E-state index contributed by atoms with van der Waals surface area (Å²) in [6, 6.07) is 13.3. The van der Waals surface area contributed by atoms with Crippen LogP contribution in [-0.4, -0.2) is 58.1 Å². The van der Waals surface area contributed by atoms with Crippen molar-refractivity contribution in [2.75, 3.05) is 18.5 Å². The van der Waals surface area contributed by atoms with Gasteiger partial charge >= 0.3 is 0 Å². The first-order chi connectivity index (χ1) is 18.2. The maximum atomic E-state index is 14.3. The van der Waals surface area contributed by atoms with Crippen LogP contribution in [0.4, 0.5) is 5.69 Å². The summed E-state index contributed by atoms with van der Waals surface area (Å²) in [6.07, 6.45) is 1.82. The van der Waals surface area contributed by atoms with Gasteiger partial charge in [0, 0.05) is 12.2 Å². The number of carbonyl (C=O) groups excluding carboxylic acids is 3. The molecule has 38 heavy (non-hydrogen) atoms. The van der Waals surface area contributed by atoms with Gasteiger partial charge in [0.05, 0.1) is 30.1 Å². The Morgan fingerprint density at radius 1 is 1.13 bits per heavy atom. The van der Waals surface area contributed by atoms with E-state index in [4.69, 9.17) is 4.74 Å². The number of hydrogen-bond acceptors (Lipinski definition) is 5. The Bertz CT molecular complexity index is 1250. The van der Waals surface area contributed by atoms with Crippen LogP contribution in [0.1, 0.15) is 55.8 Å². The van der Waals surface area contributed by atoms with E-state index < -0.39 is 35.1 Å². The summed E-state index contributed by atoms with van der Waals surface area (Å²) in [7, 11) is 0. The first-order valence-corrected chi connectivity index (χ1v) is 13.5. The standard InChI is InChI=1S/C30H37N3O5/c1-5-15-31-26(35)23-24-28(37)33(22(17-34)20-9-7-6-8-10-20)25(30(24)14-13-29(23,4)38-30)27(36)32-21-16-18(2)11-12-19(21)3/h6-12,16,22-25,34H,5,13-15,17H2,1-4H3,(H,31,35)(H,32,36)/t22-,23-,24+,25?,29+,30?/m1/s1. The van der Waals surface area contributed by atoms with E-state index in [1.165, 1.54) is 4.90 Å². The fourth-order valence-corrected chi connectivity index (χ4v) is 6.86. The molecule has 3 heterocycles. The molecule has 8 heteroatoms. The van der Waals surface area contributed by atoms with Crippen LogP contribution in [0.3, 0.4) is 0 Å². The highest BCUT2D eigenvalue weighted by molar-refractivity contribution is 6.04. The molecule has 6 atom stereocenters. The number of ether oxygens (including phenoxy) is 1. The number of aliphatic hydroxyl groups is 1. The summed E-state index contributed by atoms with van der Waals surface area (Å²) in [4.78, 5) is 43.5. The molecule has 0 aromatic heterocycles. The minimum atomic E-state index is -1.16. The van der Waals surface area contributed by atoms with Crippen molar-refractivity contribution in [2.24, 2.45) is 11.8 Å². The van der Waals surface area contributed by atoms with Crippen molar-refractivity contribution in [3.05, 3.63) is 65.2 Å². The Morgan fingerprint density at radius 3 is 2.55 bits per heavy atom. The van der Waals surface area contributed by atoms with Gasteiger partial charge < -0.3 is 25.4 Å². The van der Waals surface area contributed by atoms with Crippen molar-refractivity contribution in [2.45, 2.75) is 70.2 Å². The average Bonchev–Trinajstić information content (AvgIpc) is 3.47. The Kier molecular flexibility index (Phi) is 6.82. The monoisotopic (exact) mass is 519 g/mol. The number of nitrogens with one attached hydrogen (secondary N) is 2. The van der Waals surface area contributed by atoms with Crippen LogP contribution in [0, 0.1) is 25.7 Å². The Labute approximate surface area is 223 Å². The molecule has 3 saturated heterocycles. The zero-order chi connectivity index (χ0) is 27.2. The molecular weight excluding hydrogens is 482 g/mol. The number of fused-ring (bicyclic) bond motifs is 1. The van der Waals surface area contributed by atoms with Crippen molar-refractivity contribution < 1.29 is 24.2 Å². The lowest BCUT2D eigenvalue weighted by atomic mass is 9.66. The quantitative estimate of drug-likeness (QED) is 0.496. The van der Waals surface area contributed by atoms with Gasteiger partial charge in [-0.2, -0.15) is 0 Å². The van der Waals surface area contributed by atoms with Crippen LogP contribution >= 0.6 is 0 Å². The van der Waals surface area contributed by atoms with Crippen LogP contribution in [0.2, 0.25) is 0 Å². The van der Waals surface area contributed by atoms with Crippen LogP contribution < -0.4 is 10.6 Å². The molecule has 3 fully saturated rings. The largest absolute Gasteiger partial charge is 0.394 e. The number of benzene rings is 2. The smallest absolute Gasteiger partial charge is 0.250 e. The molecule has 1 spiro atoms. The Morgan fingerprint density at radius 2 is 1.87 bits per heavy atom. The first-order valence-electron chi connectivity index (χ1n) is 13.5. The van der Waals surface area contributed by atoms with Gasteiger partial charge in [-0.25, -0.2) is 0 Å². The van der Waals surface area contributed by atoms with E-state index in [0.29, 0.717) is 25.1 Å². The van der Waals surface area contributed by atoms with Gasteiger partial charge in [0.15, 0.2) is 0 Å². The minimum Gasteiger partial charge on any atom is -0.394 e. The molecular formula is C30H37N3O5. The minimum absolute atomic E-state index is 0.218. The third-order valence-electron chi connectivity index (χ3n) is 8.64. The molecule has 3 aliphatic heterocycles. The van der Waals surface area contributed by atoms with Crippen molar-refractivity contribution in [1.82, 2.24) is 10.2 Å². The lowest BCUT2D eigenvalue weighted by Gasteiger charge is -2.37.